The highest BCUT2D eigenvalue weighted by atomic mass is 14.7. The van der Waals surface area contributed by atoms with Crippen molar-refractivity contribution < 1.29 is 0 Å². The molecule has 58 valence electrons. The largest absolute Gasteiger partial charge is 0.323 e. The van der Waals surface area contributed by atoms with Crippen LogP contribution >= 0.6 is 0 Å². The zero-order chi connectivity index (χ0) is 8.27. The van der Waals surface area contributed by atoms with Crippen molar-refractivity contribution in [2.24, 2.45) is 5.73 Å². The Balaban J connectivity index is 3.00. The Hall–Kier alpha value is -1.15. The molecule has 2 nitrogen and oxygen atoms in total. The van der Waals surface area contributed by atoms with Crippen LogP contribution in [0.25, 0.3) is 6.08 Å². The van der Waals surface area contributed by atoms with Gasteiger partial charge in [0, 0.05) is 12.2 Å². The van der Waals surface area contributed by atoms with Crippen molar-refractivity contribution in [3.05, 3.63) is 36.2 Å². The first-order valence-electron chi connectivity index (χ1n) is 3.58. The lowest BCUT2D eigenvalue weighted by molar-refractivity contribution is 0.780. The second-order valence-electron chi connectivity index (χ2n) is 2.51. The van der Waals surface area contributed by atoms with Gasteiger partial charge >= 0.3 is 0 Å². The predicted molar refractivity (Wildman–Crippen MR) is 46.9 cm³/mol. The van der Waals surface area contributed by atoms with E-state index in [1.54, 1.807) is 12.3 Å². The molecule has 1 heterocycles. The second-order valence-corrected chi connectivity index (χ2v) is 2.51. The molecule has 0 spiro atoms. The Labute approximate surface area is 66.8 Å². The molecular weight excluding hydrogens is 136 g/mol. The third kappa shape index (κ3) is 1.88. The zero-order valence-corrected chi connectivity index (χ0v) is 6.62. The quantitative estimate of drug-likeness (QED) is 0.693. The van der Waals surface area contributed by atoms with Gasteiger partial charge in [-0.2, -0.15) is 0 Å². The molecule has 0 aromatic carbocycles. The Morgan fingerprint density at radius 1 is 1.73 bits per heavy atom. The first kappa shape index (κ1) is 7.95. The summed E-state index contributed by atoms with van der Waals surface area (Å²) >= 11 is 0. The van der Waals surface area contributed by atoms with E-state index in [-0.39, 0.29) is 6.04 Å². The Bertz CT molecular complexity index is 253. The van der Waals surface area contributed by atoms with Crippen LogP contribution in [-0.2, 0) is 0 Å². The van der Waals surface area contributed by atoms with Crippen molar-refractivity contribution in [1.29, 1.82) is 0 Å². The third-order valence-electron chi connectivity index (χ3n) is 1.51. The molecule has 0 fully saturated rings. The summed E-state index contributed by atoms with van der Waals surface area (Å²) in [4.78, 5) is 4.11. The molecule has 0 saturated carbocycles. The van der Waals surface area contributed by atoms with E-state index in [0.717, 1.165) is 11.3 Å². The molecular formula is C9H12N2. The topological polar surface area (TPSA) is 38.9 Å². The first-order chi connectivity index (χ1) is 5.24. The van der Waals surface area contributed by atoms with Crippen molar-refractivity contribution in [1.82, 2.24) is 4.98 Å². The van der Waals surface area contributed by atoms with Crippen molar-refractivity contribution in [2.45, 2.75) is 13.0 Å². The summed E-state index contributed by atoms with van der Waals surface area (Å²) < 4.78 is 0. The van der Waals surface area contributed by atoms with E-state index in [2.05, 4.69) is 11.6 Å². The van der Waals surface area contributed by atoms with Crippen LogP contribution in [0.1, 0.15) is 24.2 Å². The zero-order valence-electron chi connectivity index (χ0n) is 6.62. The fraction of sp³-hybridized carbons (Fsp3) is 0.222. The van der Waals surface area contributed by atoms with Gasteiger partial charge in [-0.15, -0.1) is 0 Å². The Kier molecular flexibility index (Phi) is 2.39. The fourth-order valence-electron chi connectivity index (χ4n) is 0.842. The van der Waals surface area contributed by atoms with Gasteiger partial charge in [0.05, 0.1) is 5.69 Å². The SMILES string of the molecule is C=Cc1ccnc(C(C)N)c1. The van der Waals surface area contributed by atoms with E-state index >= 15 is 0 Å². The summed E-state index contributed by atoms with van der Waals surface area (Å²) in [5, 5.41) is 0. The lowest BCUT2D eigenvalue weighted by Crippen LogP contribution is -2.06. The van der Waals surface area contributed by atoms with Gasteiger partial charge in [-0.05, 0) is 24.6 Å². The third-order valence-corrected chi connectivity index (χ3v) is 1.51. The number of hydrogen-bond donors (Lipinski definition) is 1. The van der Waals surface area contributed by atoms with Crippen LogP contribution in [0.2, 0.25) is 0 Å². The number of hydrogen-bond acceptors (Lipinski definition) is 2. The summed E-state index contributed by atoms with van der Waals surface area (Å²) in [5.41, 5.74) is 7.61. The van der Waals surface area contributed by atoms with E-state index in [4.69, 9.17) is 5.73 Å². The molecule has 2 N–H and O–H groups in total. The molecule has 1 atom stereocenters. The average molecular weight is 148 g/mol. The van der Waals surface area contributed by atoms with Crippen LogP contribution in [0.4, 0.5) is 0 Å². The fourth-order valence-corrected chi connectivity index (χ4v) is 0.842. The maximum Gasteiger partial charge on any atom is 0.0574 e. The van der Waals surface area contributed by atoms with Crippen molar-refractivity contribution in [2.75, 3.05) is 0 Å². The molecule has 0 aliphatic heterocycles. The first-order valence-corrected chi connectivity index (χ1v) is 3.58. The van der Waals surface area contributed by atoms with Crippen LogP contribution in [-0.4, -0.2) is 4.98 Å². The lowest BCUT2D eigenvalue weighted by Gasteiger charge is -2.03. The van der Waals surface area contributed by atoms with Crippen LogP contribution in [0.15, 0.2) is 24.9 Å². The molecule has 0 amide bonds. The Morgan fingerprint density at radius 2 is 2.45 bits per heavy atom. The van der Waals surface area contributed by atoms with Gasteiger partial charge in [-0.25, -0.2) is 0 Å². The van der Waals surface area contributed by atoms with E-state index in [0.29, 0.717) is 0 Å². The Morgan fingerprint density at radius 3 is 3.00 bits per heavy atom. The number of pyridine rings is 1. The minimum Gasteiger partial charge on any atom is -0.323 e. The van der Waals surface area contributed by atoms with Crippen LogP contribution in [0, 0.1) is 0 Å². The van der Waals surface area contributed by atoms with Crippen LogP contribution < -0.4 is 5.73 Å². The van der Waals surface area contributed by atoms with Gasteiger partial charge in [-0.1, -0.05) is 12.7 Å². The summed E-state index contributed by atoms with van der Waals surface area (Å²) in [7, 11) is 0. The molecule has 0 saturated heterocycles. The molecule has 0 radical (unpaired) electrons. The van der Waals surface area contributed by atoms with Gasteiger partial charge < -0.3 is 5.73 Å². The van der Waals surface area contributed by atoms with E-state index < -0.39 is 0 Å². The van der Waals surface area contributed by atoms with Gasteiger partial charge in [-0.3, -0.25) is 4.98 Å². The van der Waals surface area contributed by atoms with E-state index in [1.807, 2.05) is 19.1 Å². The molecule has 2 heteroatoms. The van der Waals surface area contributed by atoms with E-state index in [9.17, 15) is 0 Å². The second kappa shape index (κ2) is 3.30. The number of nitrogens with two attached hydrogens (primary N) is 1. The molecule has 0 bridgehead atoms. The van der Waals surface area contributed by atoms with Crippen molar-refractivity contribution in [3.63, 3.8) is 0 Å². The van der Waals surface area contributed by atoms with Crippen molar-refractivity contribution >= 4 is 6.08 Å². The molecule has 0 aliphatic rings. The summed E-state index contributed by atoms with van der Waals surface area (Å²) in [6.45, 7) is 5.57. The molecule has 1 aromatic heterocycles. The van der Waals surface area contributed by atoms with Crippen molar-refractivity contribution in [3.8, 4) is 0 Å². The van der Waals surface area contributed by atoms with Gasteiger partial charge in [0.1, 0.15) is 0 Å². The number of aromatic nitrogens is 1. The standard InChI is InChI=1S/C9H12N2/c1-3-8-4-5-11-9(6-8)7(2)10/h3-7H,1,10H2,2H3. The normalized spacial score (nSPS) is 12.5. The molecule has 1 rings (SSSR count). The van der Waals surface area contributed by atoms with Gasteiger partial charge in [0.25, 0.3) is 0 Å². The highest BCUT2D eigenvalue weighted by Crippen LogP contribution is 2.08. The minimum absolute atomic E-state index is 0.00472. The maximum absolute atomic E-state index is 5.64. The highest BCUT2D eigenvalue weighted by Gasteiger charge is 1.99. The minimum atomic E-state index is -0.00472. The monoisotopic (exact) mass is 148 g/mol. The molecule has 0 aliphatic carbocycles. The molecule has 1 unspecified atom stereocenters. The van der Waals surface area contributed by atoms with E-state index in [1.165, 1.54) is 0 Å². The number of rotatable bonds is 2. The smallest absolute Gasteiger partial charge is 0.0574 e. The van der Waals surface area contributed by atoms with Crippen LogP contribution in [0.5, 0.6) is 0 Å². The van der Waals surface area contributed by atoms with Gasteiger partial charge in [0.2, 0.25) is 0 Å². The highest BCUT2D eigenvalue weighted by molar-refractivity contribution is 5.46. The maximum atomic E-state index is 5.64. The average Bonchev–Trinajstić information content (AvgIpc) is 2.05. The summed E-state index contributed by atoms with van der Waals surface area (Å²) in [6, 6.07) is 3.84. The van der Waals surface area contributed by atoms with Crippen LogP contribution in [0.3, 0.4) is 0 Å². The molecule has 1 aromatic rings. The lowest BCUT2D eigenvalue weighted by atomic mass is 10.1. The van der Waals surface area contributed by atoms with Gasteiger partial charge in [0.15, 0.2) is 0 Å². The summed E-state index contributed by atoms with van der Waals surface area (Å²) in [5.74, 6) is 0. The molecule has 11 heavy (non-hydrogen) atoms. The summed E-state index contributed by atoms with van der Waals surface area (Å²) in [6.07, 6.45) is 3.53. The predicted octanol–water partition coefficient (Wildman–Crippen LogP) is 1.74. The number of nitrogens with zero attached hydrogens (tertiary/aromatic N) is 1.